The van der Waals surface area contributed by atoms with E-state index in [2.05, 4.69) is 15.6 Å². The van der Waals surface area contributed by atoms with Crippen LogP contribution in [-0.4, -0.2) is 28.3 Å². The standard InChI is InChI=1S/C13H19N3O2/c17-12(16-11-4-8-14-9-5-11)15-10-13(18)6-2-1-3-7-13/h4-5,8-9,18H,1-3,6-7,10H2,(H2,14,15,16,17). The molecule has 2 amide bonds. The lowest BCUT2D eigenvalue weighted by Crippen LogP contribution is -2.45. The van der Waals surface area contributed by atoms with Crippen LogP contribution in [0.2, 0.25) is 0 Å². The van der Waals surface area contributed by atoms with Gasteiger partial charge >= 0.3 is 6.03 Å². The van der Waals surface area contributed by atoms with Crippen LogP contribution in [0.25, 0.3) is 0 Å². The van der Waals surface area contributed by atoms with Crippen molar-refractivity contribution in [2.45, 2.75) is 37.7 Å². The third-order valence-electron chi connectivity index (χ3n) is 3.30. The van der Waals surface area contributed by atoms with Gasteiger partial charge in [-0.25, -0.2) is 4.79 Å². The number of carbonyl (C=O) groups is 1. The second-order valence-electron chi connectivity index (χ2n) is 4.83. The van der Waals surface area contributed by atoms with Crippen LogP contribution in [-0.2, 0) is 0 Å². The molecule has 0 spiro atoms. The molecule has 0 bridgehead atoms. The van der Waals surface area contributed by atoms with Crippen molar-refractivity contribution >= 4 is 11.7 Å². The van der Waals surface area contributed by atoms with Gasteiger partial charge in [-0.3, -0.25) is 4.98 Å². The molecule has 1 aliphatic rings. The Balaban J connectivity index is 1.78. The highest BCUT2D eigenvalue weighted by Crippen LogP contribution is 2.27. The van der Waals surface area contributed by atoms with Gasteiger partial charge in [0.2, 0.25) is 0 Å². The van der Waals surface area contributed by atoms with Gasteiger partial charge in [0, 0.05) is 24.6 Å². The molecule has 0 unspecified atom stereocenters. The van der Waals surface area contributed by atoms with Gasteiger partial charge < -0.3 is 15.7 Å². The van der Waals surface area contributed by atoms with Gasteiger partial charge in [-0.05, 0) is 25.0 Å². The van der Waals surface area contributed by atoms with E-state index in [-0.39, 0.29) is 6.03 Å². The van der Waals surface area contributed by atoms with Crippen LogP contribution in [0.1, 0.15) is 32.1 Å². The molecule has 18 heavy (non-hydrogen) atoms. The third kappa shape index (κ3) is 3.70. The quantitative estimate of drug-likeness (QED) is 0.766. The maximum atomic E-state index is 11.6. The number of carbonyl (C=O) groups excluding carboxylic acids is 1. The molecule has 1 saturated carbocycles. The summed E-state index contributed by atoms with van der Waals surface area (Å²) in [4.78, 5) is 15.5. The highest BCUT2D eigenvalue weighted by Gasteiger charge is 2.29. The summed E-state index contributed by atoms with van der Waals surface area (Å²) in [5.41, 5.74) is -0.0356. The average Bonchev–Trinajstić information content (AvgIpc) is 2.39. The minimum absolute atomic E-state index is 0.291. The van der Waals surface area contributed by atoms with Crippen molar-refractivity contribution in [3.8, 4) is 0 Å². The van der Waals surface area contributed by atoms with Crippen LogP contribution in [0.5, 0.6) is 0 Å². The van der Waals surface area contributed by atoms with Gasteiger partial charge in [-0.15, -0.1) is 0 Å². The predicted molar refractivity (Wildman–Crippen MR) is 69.3 cm³/mol. The molecule has 1 heterocycles. The molecule has 1 aromatic heterocycles. The Bertz CT molecular complexity index is 388. The monoisotopic (exact) mass is 249 g/mol. The fourth-order valence-corrected chi connectivity index (χ4v) is 2.24. The Labute approximate surface area is 107 Å². The number of urea groups is 1. The summed E-state index contributed by atoms with van der Waals surface area (Å²) in [5.74, 6) is 0. The highest BCUT2D eigenvalue weighted by atomic mass is 16.3. The van der Waals surface area contributed by atoms with Gasteiger partial charge in [-0.1, -0.05) is 19.3 Å². The first-order chi connectivity index (χ1) is 8.68. The molecule has 0 aromatic carbocycles. The van der Waals surface area contributed by atoms with E-state index in [9.17, 15) is 9.90 Å². The lowest BCUT2D eigenvalue weighted by Gasteiger charge is -2.32. The van der Waals surface area contributed by atoms with Gasteiger partial charge in [0.25, 0.3) is 0 Å². The van der Waals surface area contributed by atoms with Crippen molar-refractivity contribution in [2.75, 3.05) is 11.9 Å². The Morgan fingerprint density at radius 2 is 1.94 bits per heavy atom. The van der Waals surface area contributed by atoms with E-state index in [1.807, 2.05) is 0 Å². The number of nitrogens with zero attached hydrogens (tertiary/aromatic N) is 1. The molecule has 5 heteroatoms. The zero-order chi connectivity index (χ0) is 12.8. The summed E-state index contributed by atoms with van der Waals surface area (Å²) < 4.78 is 0. The number of aliphatic hydroxyl groups is 1. The van der Waals surface area contributed by atoms with Crippen molar-refractivity contribution in [1.82, 2.24) is 10.3 Å². The number of hydrogen-bond donors (Lipinski definition) is 3. The van der Waals surface area contributed by atoms with Crippen molar-refractivity contribution < 1.29 is 9.90 Å². The molecular weight excluding hydrogens is 230 g/mol. The first kappa shape index (κ1) is 12.8. The third-order valence-corrected chi connectivity index (χ3v) is 3.30. The van der Waals surface area contributed by atoms with Crippen molar-refractivity contribution in [3.63, 3.8) is 0 Å². The fourth-order valence-electron chi connectivity index (χ4n) is 2.24. The fraction of sp³-hybridized carbons (Fsp3) is 0.538. The minimum atomic E-state index is -0.728. The molecule has 0 aliphatic heterocycles. The molecule has 0 saturated heterocycles. The van der Waals surface area contributed by atoms with Gasteiger partial charge in [0.1, 0.15) is 0 Å². The number of amides is 2. The molecule has 3 N–H and O–H groups in total. The summed E-state index contributed by atoms with van der Waals surface area (Å²) in [6.07, 6.45) is 8.00. The Kier molecular flexibility index (Phi) is 4.15. The second kappa shape index (κ2) is 5.82. The smallest absolute Gasteiger partial charge is 0.319 e. The van der Waals surface area contributed by atoms with Crippen LogP contribution in [0.3, 0.4) is 0 Å². The SMILES string of the molecule is O=C(NCC1(O)CCCCC1)Nc1ccncc1. The lowest BCUT2D eigenvalue weighted by atomic mass is 9.85. The van der Waals surface area contributed by atoms with Crippen molar-refractivity contribution in [1.29, 1.82) is 0 Å². The van der Waals surface area contributed by atoms with E-state index >= 15 is 0 Å². The van der Waals surface area contributed by atoms with E-state index in [1.165, 1.54) is 6.42 Å². The molecule has 2 rings (SSSR count). The summed E-state index contributed by atoms with van der Waals surface area (Å²) >= 11 is 0. The number of anilines is 1. The molecule has 5 nitrogen and oxygen atoms in total. The van der Waals surface area contributed by atoms with E-state index in [4.69, 9.17) is 0 Å². The van der Waals surface area contributed by atoms with Crippen molar-refractivity contribution in [3.05, 3.63) is 24.5 Å². The molecule has 0 radical (unpaired) electrons. The Morgan fingerprint density at radius 3 is 2.61 bits per heavy atom. The summed E-state index contributed by atoms with van der Waals surface area (Å²) in [5, 5.41) is 15.7. The summed E-state index contributed by atoms with van der Waals surface area (Å²) in [6, 6.07) is 3.14. The zero-order valence-electron chi connectivity index (χ0n) is 10.4. The van der Waals surface area contributed by atoms with Crippen molar-refractivity contribution in [2.24, 2.45) is 0 Å². The average molecular weight is 249 g/mol. The minimum Gasteiger partial charge on any atom is -0.388 e. The van der Waals surface area contributed by atoms with E-state index < -0.39 is 5.60 Å². The normalized spacial score (nSPS) is 18.1. The van der Waals surface area contributed by atoms with Crippen LogP contribution in [0, 0.1) is 0 Å². The topological polar surface area (TPSA) is 74.2 Å². The Hall–Kier alpha value is -1.62. The number of nitrogens with one attached hydrogen (secondary N) is 2. The van der Waals surface area contributed by atoms with E-state index in [1.54, 1.807) is 24.5 Å². The van der Waals surface area contributed by atoms with E-state index in [0.29, 0.717) is 12.2 Å². The summed E-state index contributed by atoms with van der Waals surface area (Å²) in [6.45, 7) is 0.309. The highest BCUT2D eigenvalue weighted by molar-refractivity contribution is 5.89. The molecule has 98 valence electrons. The Morgan fingerprint density at radius 1 is 1.28 bits per heavy atom. The molecule has 1 aliphatic carbocycles. The second-order valence-corrected chi connectivity index (χ2v) is 4.83. The maximum absolute atomic E-state index is 11.6. The van der Waals surface area contributed by atoms with Crippen LogP contribution >= 0.6 is 0 Å². The lowest BCUT2D eigenvalue weighted by molar-refractivity contribution is 0.00755. The van der Waals surface area contributed by atoms with Gasteiger partial charge in [-0.2, -0.15) is 0 Å². The number of pyridine rings is 1. The molecule has 1 aromatic rings. The predicted octanol–water partition coefficient (Wildman–Crippen LogP) is 1.90. The zero-order valence-corrected chi connectivity index (χ0v) is 10.4. The summed E-state index contributed by atoms with van der Waals surface area (Å²) in [7, 11) is 0. The number of hydrogen-bond acceptors (Lipinski definition) is 3. The van der Waals surface area contributed by atoms with Crippen LogP contribution in [0.15, 0.2) is 24.5 Å². The van der Waals surface area contributed by atoms with Crippen LogP contribution in [0.4, 0.5) is 10.5 Å². The van der Waals surface area contributed by atoms with Gasteiger partial charge in [0.15, 0.2) is 0 Å². The molecular formula is C13H19N3O2. The number of rotatable bonds is 3. The largest absolute Gasteiger partial charge is 0.388 e. The number of aromatic nitrogens is 1. The first-order valence-corrected chi connectivity index (χ1v) is 6.35. The molecule has 0 atom stereocenters. The maximum Gasteiger partial charge on any atom is 0.319 e. The van der Waals surface area contributed by atoms with E-state index in [0.717, 1.165) is 25.7 Å². The van der Waals surface area contributed by atoms with Crippen LogP contribution < -0.4 is 10.6 Å². The molecule has 1 fully saturated rings. The van der Waals surface area contributed by atoms with Gasteiger partial charge in [0.05, 0.1) is 5.60 Å². The first-order valence-electron chi connectivity index (χ1n) is 6.35.